The van der Waals surface area contributed by atoms with Crippen LogP contribution in [0.4, 0.5) is 0 Å². The maximum absolute atomic E-state index is 7.07. The van der Waals surface area contributed by atoms with E-state index in [1.807, 2.05) is 12.1 Å². The Balaban J connectivity index is 0.00000266. The van der Waals surface area contributed by atoms with Crippen LogP contribution in [0, 0.1) is 11.3 Å². The van der Waals surface area contributed by atoms with E-state index in [-0.39, 0.29) is 47.0 Å². The van der Waals surface area contributed by atoms with E-state index >= 15 is 0 Å². The predicted octanol–water partition coefficient (Wildman–Crippen LogP) is 14.6. The first-order chi connectivity index (χ1) is 25.3. The molecule has 294 valence electrons. The summed E-state index contributed by atoms with van der Waals surface area (Å²) in [7, 11) is 0. The number of fused-ring (bicyclic) bond motifs is 5. The summed E-state index contributed by atoms with van der Waals surface area (Å²) in [5.74, 6) is 0.277. The zero-order valence-electron chi connectivity index (χ0n) is 34.8. The van der Waals surface area contributed by atoms with E-state index in [2.05, 4.69) is 148 Å². The summed E-state index contributed by atoms with van der Waals surface area (Å²) in [6.45, 7) is 23.7. The third-order valence-corrected chi connectivity index (χ3v) is 31.7. The van der Waals surface area contributed by atoms with E-state index in [1.54, 1.807) is 0 Å². The Morgan fingerprint density at radius 1 is 0.768 bits per heavy atom. The first-order valence-electron chi connectivity index (χ1n) is 20.1. The SMILES string of the molecule is Cl.Cl.[CH2]=[Zr]([C]1=CC(C(C)(C)C)=CC1CCCC)([C]1=C(C)c2cc3c(cc2C1(C)C)Cc1cc2c(cc1-3)C(C)=CC2(C)C)([c]1cccc(Cl)c1)[c]1cccc(Cl)c1. The average molecular weight is 904 g/mol. The quantitative estimate of drug-likeness (QED) is 0.153. The van der Waals surface area contributed by atoms with Crippen molar-refractivity contribution in [3.8, 4) is 11.1 Å². The molecule has 0 spiro atoms. The average Bonchev–Trinajstić information content (AvgIpc) is 3.81. The van der Waals surface area contributed by atoms with E-state index < -0.39 is 18.3 Å². The van der Waals surface area contributed by atoms with Crippen LogP contribution in [0.2, 0.25) is 10.0 Å². The van der Waals surface area contributed by atoms with Gasteiger partial charge >= 0.3 is 338 Å². The molecule has 0 amide bonds. The van der Waals surface area contributed by atoms with Gasteiger partial charge in [-0.3, -0.25) is 0 Å². The fourth-order valence-corrected chi connectivity index (χ4v) is 31.3. The topological polar surface area (TPSA) is 0 Å². The number of hydrogen-bond donors (Lipinski definition) is 0. The van der Waals surface area contributed by atoms with Crippen LogP contribution in [0.3, 0.4) is 0 Å². The van der Waals surface area contributed by atoms with Crippen molar-refractivity contribution in [2.75, 3.05) is 0 Å². The molecule has 0 aromatic heterocycles. The second-order valence-electron chi connectivity index (χ2n) is 19.2. The van der Waals surface area contributed by atoms with Gasteiger partial charge in [-0.1, -0.05) is 0 Å². The molecule has 1 unspecified atom stereocenters. The zero-order chi connectivity index (χ0) is 38.8. The molecule has 0 nitrogen and oxygen atoms in total. The van der Waals surface area contributed by atoms with Crippen molar-refractivity contribution in [3.05, 3.63) is 147 Å². The summed E-state index contributed by atoms with van der Waals surface area (Å²) in [6, 6.07) is 27.7. The van der Waals surface area contributed by atoms with Crippen molar-refractivity contribution in [2.24, 2.45) is 11.3 Å². The molecule has 4 aliphatic carbocycles. The van der Waals surface area contributed by atoms with Crippen LogP contribution < -0.4 is 6.54 Å². The van der Waals surface area contributed by atoms with Gasteiger partial charge < -0.3 is 0 Å². The van der Waals surface area contributed by atoms with Gasteiger partial charge in [0.1, 0.15) is 0 Å². The molecular weight excluding hydrogens is 846 g/mol. The molecule has 0 N–H and O–H groups in total. The Hall–Kier alpha value is -2.25. The number of halogens is 4. The van der Waals surface area contributed by atoms with Crippen LogP contribution in [0.25, 0.3) is 22.3 Å². The van der Waals surface area contributed by atoms with E-state index in [9.17, 15) is 0 Å². The summed E-state index contributed by atoms with van der Waals surface area (Å²) in [5, 5.41) is 1.52. The molecule has 0 radical (unpaired) electrons. The molecule has 0 heterocycles. The fourth-order valence-electron chi connectivity index (χ4n) is 11.4. The van der Waals surface area contributed by atoms with Gasteiger partial charge in [-0.05, 0) is 0 Å². The maximum atomic E-state index is 7.07. The van der Waals surface area contributed by atoms with Gasteiger partial charge in [-0.2, -0.15) is 0 Å². The van der Waals surface area contributed by atoms with Crippen molar-refractivity contribution in [1.29, 1.82) is 0 Å². The Kier molecular flexibility index (Phi) is 11.2. The van der Waals surface area contributed by atoms with Crippen molar-refractivity contribution < 1.29 is 18.3 Å². The van der Waals surface area contributed by atoms with Gasteiger partial charge in [0, 0.05) is 0 Å². The van der Waals surface area contributed by atoms with Crippen LogP contribution in [0.15, 0.2) is 103 Å². The standard InChI is InChI=1S/C25H25.C13H21.2C6H4Cl.CH2.2ClH.Zr/c1-14-12-24(3,4)22-8-16-7-17-9-23-19(15(2)13-25(23,5)6)11-21(17)20(16)10-18(14)22;1-5-6-7-11-8-9-12(10-11)13(2,3)4;2*7-6-4-2-1-3-5-6;;;;/h8-12H,7H2,1-6H3;9-11H,5-7H2,1-4H3;2*1-2,4-5H;1H2;2*1H;. The number of allylic oxidation sites excluding steroid dienone is 8. The minimum atomic E-state index is -5.24. The number of unbranched alkanes of at least 4 members (excludes halogenated alkanes) is 1. The molecule has 0 fully saturated rings. The molecule has 1 atom stereocenters. The van der Waals surface area contributed by atoms with Crippen LogP contribution in [0.5, 0.6) is 0 Å². The van der Waals surface area contributed by atoms with Gasteiger partial charge in [0.15, 0.2) is 0 Å². The summed E-state index contributed by atoms with van der Waals surface area (Å²) in [6.07, 6.45) is 12.0. The fraction of sp³-hybridized carbons (Fsp3) is 0.353. The molecule has 5 heteroatoms. The van der Waals surface area contributed by atoms with Crippen molar-refractivity contribution in [2.45, 2.75) is 106 Å². The van der Waals surface area contributed by atoms with E-state index in [4.69, 9.17) is 27.4 Å². The van der Waals surface area contributed by atoms with E-state index in [1.165, 1.54) is 74.3 Å². The molecule has 4 aromatic carbocycles. The predicted molar refractivity (Wildman–Crippen MR) is 249 cm³/mol. The monoisotopic (exact) mass is 900 g/mol. The van der Waals surface area contributed by atoms with Crippen LogP contribution in [-0.4, -0.2) is 4.21 Å². The molecule has 56 heavy (non-hydrogen) atoms. The molecule has 4 aliphatic rings. The van der Waals surface area contributed by atoms with Crippen molar-refractivity contribution >= 4 is 69.9 Å². The molecule has 0 bridgehead atoms. The van der Waals surface area contributed by atoms with Gasteiger partial charge in [0.2, 0.25) is 0 Å². The van der Waals surface area contributed by atoms with Crippen molar-refractivity contribution in [3.63, 3.8) is 0 Å². The minimum absolute atomic E-state index is 0. The second kappa shape index (κ2) is 14.5. The zero-order valence-corrected chi connectivity index (χ0v) is 40.4. The summed E-state index contributed by atoms with van der Waals surface area (Å²) in [4.78, 5) is 0. The molecule has 4 aromatic rings. The van der Waals surface area contributed by atoms with E-state index in [0.29, 0.717) is 0 Å². The van der Waals surface area contributed by atoms with Crippen LogP contribution >= 0.6 is 48.0 Å². The number of rotatable bonds is 7. The summed E-state index contributed by atoms with van der Waals surface area (Å²) >= 11 is 8.90. The second-order valence-corrected chi connectivity index (χ2v) is 32.7. The first kappa shape index (κ1) is 43.3. The molecule has 8 rings (SSSR count). The molecule has 0 saturated heterocycles. The van der Waals surface area contributed by atoms with Gasteiger partial charge in [0.25, 0.3) is 0 Å². The third kappa shape index (κ3) is 6.19. The van der Waals surface area contributed by atoms with Crippen molar-refractivity contribution in [1.82, 2.24) is 0 Å². The van der Waals surface area contributed by atoms with Gasteiger partial charge in [-0.15, -0.1) is 24.8 Å². The van der Waals surface area contributed by atoms with Crippen LogP contribution in [0.1, 0.15) is 122 Å². The molecule has 0 saturated carbocycles. The van der Waals surface area contributed by atoms with E-state index in [0.717, 1.165) is 35.7 Å². The number of benzene rings is 4. The summed E-state index contributed by atoms with van der Waals surface area (Å²) in [5.41, 5.74) is 15.3. The number of hydrogen-bond acceptors (Lipinski definition) is 0. The Bertz CT molecular complexity index is 2440. The van der Waals surface area contributed by atoms with Crippen LogP contribution in [-0.2, 0) is 35.5 Å². The third-order valence-electron chi connectivity index (χ3n) is 13.9. The van der Waals surface area contributed by atoms with Gasteiger partial charge in [-0.25, -0.2) is 0 Å². The Morgan fingerprint density at radius 3 is 1.86 bits per heavy atom. The van der Waals surface area contributed by atoms with Gasteiger partial charge in [0.05, 0.1) is 0 Å². The Morgan fingerprint density at radius 2 is 1.32 bits per heavy atom. The molecule has 0 aliphatic heterocycles. The first-order valence-corrected chi connectivity index (χ1v) is 27.5. The normalized spacial score (nSPS) is 18.9. The Labute approximate surface area is 360 Å². The molecular formula is C51H58Cl4Zr. The summed E-state index contributed by atoms with van der Waals surface area (Å²) < 4.78 is 11.5.